The first-order valence-electron chi connectivity index (χ1n) is 11.4. The van der Waals surface area contributed by atoms with Gasteiger partial charge in [-0.05, 0) is 68.8 Å². The van der Waals surface area contributed by atoms with Gasteiger partial charge in [-0.25, -0.2) is 0 Å². The van der Waals surface area contributed by atoms with Gasteiger partial charge in [-0.1, -0.05) is 0 Å². The third kappa shape index (κ3) is 9.17. The number of hydrogen-bond acceptors (Lipinski definition) is 7. The van der Waals surface area contributed by atoms with Gasteiger partial charge in [0.2, 0.25) is 5.91 Å². The van der Waals surface area contributed by atoms with E-state index in [1.807, 2.05) is 6.92 Å². The number of amides is 2. The number of nitrogens with one attached hydrogen (secondary N) is 2. The highest BCUT2D eigenvalue weighted by molar-refractivity contribution is 6.00. The normalized spacial score (nSPS) is 12.2. The SMILES string of the molecule is CCN(C(=O)C(NC(=O)CC(C)O)Nc1ccc(OCCCC(=O)O)cc1)c1ccc(OC)cc1. The van der Waals surface area contributed by atoms with Gasteiger partial charge < -0.3 is 35.2 Å². The lowest BCUT2D eigenvalue weighted by atomic mass is 10.2. The molecule has 10 nitrogen and oxygen atoms in total. The van der Waals surface area contributed by atoms with E-state index in [2.05, 4.69) is 10.6 Å². The van der Waals surface area contributed by atoms with Gasteiger partial charge in [0.1, 0.15) is 11.5 Å². The number of anilines is 2. The lowest BCUT2D eigenvalue weighted by molar-refractivity contribution is -0.137. The molecule has 190 valence electrons. The van der Waals surface area contributed by atoms with Crippen LogP contribution >= 0.6 is 0 Å². The molecule has 0 spiro atoms. The number of ether oxygens (including phenoxy) is 2. The molecule has 2 aromatic carbocycles. The van der Waals surface area contributed by atoms with Crippen molar-refractivity contribution in [3.63, 3.8) is 0 Å². The van der Waals surface area contributed by atoms with Crippen LogP contribution in [0.25, 0.3) is 0 Å². The molecule has 4 N–H and O–H groups in total. The van der Waals surface area contributed by atoms with Crippen molar-refractivity contribution in [2.75, 3.05) is 30.5 Å². The molecule has 2 amide bonds. The van der Waals surface area contributed by atoms with Gasteiger partial charge in [0.15, 0.2) is 6.17 Å². The molecule has 0 bridgehead atoms. The number of likely N-dealkylation sites (N-methyl/N-ethyl adjacent to an activating group) is 1. The van der Waals surface area contributed by atoms with Crippen molar-refractivity contribution in [2.45, 2.75) is 45.4 Å². The van der Waals surface area contributed by atoms with Gasteiger partial charge in [0.05, 0.1) is 26.2 Å². The van der Waals surface area contributed by atoms with Crippen LogP contribution in [0.2, 0.25) is 0 Å². The fourth-order valence-corrected chi connectivity index (χ4v) is 3.26. The van der Waals surface area contributed by atoms with E-state index in [0.29, 0.717) is 35.8 Å². The van der Waals surface area contributed by atoms with Crippen molar-refractivity contribution < 1.29 is 34.1 Å². The van der Waals surface area contributed by atoms with E-state index in [4.69, 9.17) is 14.6 Å². The summed E-state index contributed by atoms with van der Waals surface area (Å²) in [7, 11) is 1.56. The molecule has 2 aromatic rings. The van der Waals surface area contributed by atoms with E-state index in [0.717, 1.165) is 0 Å². The van der Waals surface area contributed by atoms with Crippen LogP contribution in [0, 0.1) is 0 Å². The van der Waals surface area contributed by atoms with Crippen molar-refractivity contribution in [3.05, 3.63) is 48.5 Å². The summed E-state index contributed by atoms with van der Waals surface area (Å²) >= 11 is 0. The van der Waals surface area contributed by atoms with Gasteiger partial charge in [-0.2, -0.15) is 0 Å². The van der Waals surface area contributed by atoms with Crippen LogP contribution in [0.4, 0.5) is 11.4 Å². The van der Waals surface area contributed by atoms with Crippen LogP contribution in [0.3, 0.4) is 0 Å². The van der Waals surface area contributed by atoms with E-state index in [-0.39, 0.29) is 25.4 Å². The summed E-state index contributed by atoms with van der Waals surface area (Å²) in [6, 6.07) is 13.8. The first kappa shape index (κ1) is 27.5. The Labute approximate surface area is 204 Å². The second-order valence-corrected chi connectivity index (χ2v) is 7.85. The number of rotatable bonds is 14. The first-order valence-corrected chi connectivity index (χ1v) is 11.4. The van der Waals surface area contributed by atoms with Crippen molar-refractivity contribution >= 4 is 29.2 Å². The van der Waals surface area contributed by atoms with Gasteiger partial charge in [-0.3, -0.25) is 14.4 Å². The molecular weight excluding hydrogens is 454 g/mol. The van der Waals surface area contributed by atoms with Crippen LogP contribution in [0.1, 0.15) is 33.1 Å². The minimum Gasteiger partial charge on any atom is -0.497 e. The minimum atomic E-state index is -1.09. The quantitative estimate of drug-likeness (QED) is 0.236. The lowest BCUT2D eigenvalue weighted by Crippen LogP contribution is -2.53. The second kappa shape index (κ2) is 13.8. The maximum absolute atomic E-state index is 13.4. The standard InChI is InChI=1S/C25H33N3O7/c1-4-28(19-9-13-20(34-3)14-10-19)25(33)24(27-22(30)16-17(2)29)26-18-7-11-21(12-8-18)35-15-5-6-23(31)32/h7-14,17,24,26,29H,4-6,15-16H2,1-3H3,(H,27,30)(H,31,32). The van der Waals surface area contributed by atoms with Crippen molar-refractivity contribution in [2.24, 2.45) is 0 Å². The number of carbonyl (C=O) groups excluding carboxylic acids is 2. The van der Waals surface area contributed by atoms with Crippen molar-refractivity contribution in [1.82, 2.24) is 5.32 Å². The summed E-state index contributed by atoms with van der Waals surface area (Å²) in [6.07, 6.45) is -1.68. The predicted octanol–water partition coefficient (Wildman–Crippen LogP) is 2.62. The zero-order valence-corrected chi connectivity index (χ0v) is 20.2. The molecule has 0 radical (unpaired) electrons. The highest BCUT2D eigenvalue weighted by Gasteiger charge is 2.27. The molecule has 0 aliphatic rings. The molecule has 2 atom stereocenters. The number of hydrogen-bond donors (Lipinski definition) is 4. The molecule has 0 aromatic heterocycles. The van der Waals surface area contributed by atoms with Crippen molar-refractivity contribution in [3.8, 4) is 11.5 Å². The van der Waals surface area contributed by atoms with Crippen LogP contribution < -0.4 is 25.0 Å². The number of benzene rings is 2. The molecule has 2 rings (SSSR count). The number of methoxy groups -OCH3 is 1. The number of aliphatic hydroxyl groups is 1. The van der Waals surface area contributed by atoms with Crippen LogP contribution in [0.5, 0.6) is 11.5 Å². The van der Waals surface area contributed by atoms with Gasteiger partial charge in [0, 0.05) is 24.3 Å². The number of aliphatic carboxylic acids is 1. The fourth-order valence-electron chi connectivity index (χ4n) is 3.26. The lowest BCUT2D eigenvalue weighted by Gasteiger charge is -2.28. The molecule has 35 heavy (non-hydrogen) atoms. The summed E-state index contributed by atoms with van der Waals surface area (Å²) in [6.45, 7) is 3.95. The molecular formula is C25H33N3O7. The number of carboxylic acids is 1. The zero-order chi connectivity index (χ0) is 25.8. The Balaban J connectivity index is 2.15. The molecule has 0 aliphatic carbocycles. The van der Waals surface area contributed by atoms with Gasteiger partial charge >= 0.3 is 5.97 Å². The fraction of sp³-hybridized carbons (Fsp3) is 0.400. The van der Waals surface area contributed by atoms with Crippen LogP contribution in [0.15, 0.2) is 48.5 Å². The average Bonchev–Trinajstić information content (AvgIpc) is 2.82. The van der Waals surface area contributed by atoms with E-state index < -0.39 is 24.1 Å². The maximum Gasteiger partial charge on any atom is 0.303 e. The molecule has 0 heterocycles. The Morgan fingerprint density at radius 3 is 2.20 bits per heavy atom. The van der Waals surface area contributed by atoms with Crippen LogP contribution in [-0.4, -0.2) is 60.5 Å². The summed E-state index contributed by atoms with van der Waals surface area (Å²) < 4.78 is 10.7. The Hall–Kier alpha value is -3.79. The number of nitrogens with zero attached hydrogens (tertiary/aromatic N) is 1. The van der Waals surface area contributed by atoms with Crippen molar-refractivity contribution in [1.29, 1.82) is 0 Å². The zero-order valence-electron chi connectivity index (χ0n) is 20.2. The van der Waals surface area contributed by atoms with Gasteiger partial charge in [0.25, 0.3) is 5.91 Å². The third-order valence-corrected chi connectivity index (χ3v) is 4.97. The van der Waals surface area contributed by atoms with E-state index in [1.165, 1.54) is 11.8 Å². The monoisotopic (exact) mass is 487 g/mol. The molecule has 0 saturated carbocycles. The average molecular weight is 488 g/mol. The third-order valence-electron chi connectivity index (χ3n) is 4.97. The molecule has 0 saturated heterocycles. The summed E-state index contributed by atoms with van der Waals surface area (Å²) in [4.78, 5) is 37.9. The largest absolute Gasteiger partial charge is 0.497 e. The topological polar surface area (TPSA) is 137 Å². The number of carbonyl (C=O) groups is 3. The number of aliphatic hydroxyl groups excluding tert-OH is 1. The smallest absolute Gasteiger partial charge is 0.303 e. The molecule has 0 aliphatic heterocycles. The summed E-state index contributed by atoms with van der Waals surface area (Å²) in [5.74, 6) is -0.532. The first-order chi connectivity index (χ1) is 16.7. The number of carboxylic acid groups (broad SMARTS) is 1. The Kier molecular flexibility index (Phi) is 10.8. The van der Waals surface area contributed by atoms with E-state index >= 15 is 0 Å². The highest BCUT2D eigenvalue weighted by Crippen LogP contribution is 2.21. The predicted molar refractivity (Wildman–Crippen MR) is 132 cm³/mol. The Morgan fingerprint density at radius 2 is 1.66 bits per heavy atom. The van der Waals surface area contributed by atoms with Crippen LogP contribution in [-0.2, 0) is 14.4 Å². The Bertz CT molecular complexity index is 962. The Morgan fingerprint density at radius 1 is 1.03 bits per heavy atom. The summed E-state index contributed by atoms with van der Waals surface area (Å²) in [5.41, 5.74) is 1.20. The summed E-state index contributed by atoms with van der Waals surface area (Å²) in [5, 5.41) is 24.0. The second-order valence-electron chi connectivity index (χ2n) is 7.85. The maximum atomic E-state index is 13.4. The van der Waals surface area contributed by atoms with E-state index in [9.17, 15) is 19.5 Å². The highest BCUT2D eigenvalue weighted by atomic mass is 16.5. The van der Waals surface area contributed by atoms with Gasteiger partial charge in [-0.15, -0.1) is 0 Å². The molecule has 0 fully saturated rings. The molecule has 10 heteroatoms. The molecule has 2 unspecified atom stereocenters. The van der Waals surface area contributed by atoms with E-state index in [1.54, 1.807) is 55.6 Å². The minimum absolute atomic E-state index is 0.0255.